The Balaban J connectivity index is 1.44. The number of ether oxygens (including phenoxy) is 2. The second kappa shape index (κ2) is 13.6. The van der Waals surface area contributed by atoms with Gasteiger partial charge in [-0.1, -0.05) is 55.5 Å². The first-order valence-corrected chi connectivity index (χ1v) is 13.6. The first kappa shape index (κ1) is 28.6. The molecule has 1 heterocycles. The molecule has 0 saturated heterocycles. The Bertz CT molecular complexity index is 1390. The molecule has 3 aromatic carbocycles. The number of benzene rings is 3. The summed E-state index contributed by atoms with van der Waals surface area (Å²) in [5, 5.41) is 12.5. The maximum Gasteiger partial charge on any atom is 0.257 e. The third-order valence-corrected chi connectivity index (χ3v) is 6.81. The third-order valence-electron chi connectivity index (χ3n) is 6.59. The normalized spacial score (nSPS) is 14.6. The maximum absolute atomic E-state index is 13.4. The minimum atomic E-state index is -0.520. The Hall–Kier alpha value is -4.37. The van der Waals surface area contributed by atoms with Gasteiger partial charge >= 0.3 is 0 Å². The van der Waals surface area contributed by atoms with Gasteiger partial charge in [-0.25, -0.2) is 0 Å². The number of aryl methyl sites for hydroxylation is 1. The van der Waals surface area contributed by atoms with E-state index in [9.17, 15) is 9.59 Å². The van der Waals surface area contributed by atoms with Gasteiger partial charge in [0.25, 0.3) is 11.8 Å². The molecule has 1 aliphatic rings. The number of allylic oxidation sites excluding steroid dienone is 1. The summed E-state index contributed by atoms with van der Waals surface area (Å²) in [5.41, 5.74) is 4.96. The topological polar surface area (TPSA) is 101 Å². The quantitative estimate of drug-likeness (QED) is 0.259. The SMILES string of the molecule is CCc1ccc(NC(=O)C2=C(C)NC(=S)N[C@@H]2c2ccc(OCC(=O)NCCc3ccccc3)c(OC)c2)cc1. The van der Waals surface area contributed by atoms with Gasteiger partial charge in [0.1, 0.15) is 0 Å². The molecule has 2 amide bonds. The Morgan fingerprint density at radius 1 is 0.975 bits per heavy atom. The van der Waals surface area contributed by atoms with E-state index >= 15 is 0 Å². The highest BCUT2D eigenvalue weighted by molar-refractivity contribution is 7.80. The fraction of sp³-hybridized carbons (Fsp3) is 0.258. The van der Waals surface area contributed by atoms with Crippen LogP contribution in [-0.4, -0.2) is 37.2 Å². The summed E-state index contributed by atoms with van der Waals surface area (Å²) < 4.78 is 11.3. The first-order chi connectivity index (χ1) is 19.4. The zero-order chi connectivity index (χ0) is 28.5. The highest BCUT2D eigenvalue weighted by Gasteiger charge is 2.30. The van der Waals surface area contributed by atoms with Crippen LogP contribution in [0.25, 0.3) is 0 Å². The van der Waals surface area contributed by atoms with Crippen molar-refractivity contribution in [3.05, 3.63) is 101 Å². The van der Waals surface area contributed by atoms with Crippen LogP contribution < -0.4 is 30.7 Å². The van der Waals surface area contributed by atoms with E-state index in [1.807, 2.05) is 67.6 Å². The summed E-state index contributed by atoms with van der Waals surface area (Å²) in [6.07, 6.45) is 1.66. The van der Waals surface area contributed by atoms with Gasteiger partial charge in [0, 0.05) is 17.9 Å². The zero-order valence-electron chi connectivity index (χ0n) is 22.9. The Kier molecular flexibility index (Phi) is 9.75. The molecular formula is C31H34N4O4S. The number of thiocarbonyl (C=S) groups is 1. The standard InChI is InChI=1S/C31H34N4O4S/c1-4-21-10-13-24(14-11-21)34-30(37)28-20(2)33-31(40)35-29(28)23-12-15-25(26(18-23)38-3)39-19-27(36)32-17-16-22-8-6-5-7-9-22/h5-15,18,29H,4,16-17,19H2,1-3H3,(H,32,36)(H,34,37)(H2,33,35,40)/t29-/m1/s1. The molecule has 4 rings (SSSR count). The average molecular weight is 559 g/mol. The molecule has 208 valence electrons. The molecular weight excluding hydrogens is 524 g/mol. The second-order valence-electron chi connectivity index (χ2n) is 9.36. The summed E-state index contributed by atoms with van der Waals surface area (Å²) >= 11 is 5.39. The number of carbonyl (C=O) groups is 2. The molecule has 9 heteroatoms. The number of hydrogen-bond acceptors (Lipinski definition) is 5. The summed E-state index contributed by atoms with van der Waals surface area (Å²) in [5.74, 6) is 0.384. The first-order valence-electron chi connectivity index (χ1n) is 13.2. The van der Waals surface area contributed by atoms with Crippen LogP contribution in [0.1, 0.15) is 36.6 Å². The van der Waals surface area contributed by atoms with Gasteiger partial charge in [0.05, 0.1) is 18.7 Å². The second-order valence-corrected chi connectivity index (χ2v) is 9.77. The number of amides is 2. The lowest BCUT2D eigenvalue weighted by Crippen LogP contribution is -2.45. The lowest BCUT2D eigenvalue weighted by Gasteiger charge is -2.30. The Morgan fingerprint density at radius 2 is 1.73 bits per heavy atom. The Labute approximate surface area is 240 Å². The molecule has 0 aliphatic carbocycles. The number of anilines is 1. The van der Waals surface area contributed by atoms with Crippen LogP contribution in [-0.2, 0) is 22.4 Å². The number of nitrogens with one attached hydrogen (secondary N) is 4. The van der Waals surface area contributed by atoms with Crippen molar-refractivity contribution in [3.63, 3.8) is 0 Å². The lowest BCUT2D eigenvalue weighted by atomic mass is 9.94. The molecule has 0 fully saturated rings. The Morgan fingerprint density at radius 3 is 2.42 bits per heavy atom. The smallest absolute Gasteiger partial charge is 0.257 e. The molecule has 0 unspecified atom stereocenters. The van der Waals surface area contributed by atoms with Gasteiger partial charge in [-0.15, -0.1) is 0 Å². The van der Waals surface area contributed by atoms with Crippen molar-refractivity contribution in [3.8, 4) is 11.5 Å². The van der Waals surface area contributed by atoms with Gasteiger partial charge in [0.15, 0.2) is 23.2 Å². The fourth-order valence-electron chi connectivity index (χ4n) is 4.44. The molecule has 4 N–H and O–H groups in total. The lowest BCUT2D eigenvalue weighted by molar-refractivity contribution is -0.123. The largest absolute Gasteiger partial charge is 0.493 e. The highest BCUT2D eigenvalue weighted by Crippen LogP contribution is 2.34. The van der Waals surface area contributed by atoms with Crippen molar-refractivity contribution in [1.82, 2.24) is 16.0 Å². The maximum atomic E-state index is 13.4. The van der Waals surface area contributed by atoms with Gasteiger partial charge < -0.3 is 30.7 Å². The zero-order valence-corrected chi connectivity index (χ0v) is 23.7. The summed E-state index contributed by atoms with van der Waals surface area (Å²) in [6.45, 7) is 4.27. The molecule has 40 heavy (non-hydrogen) atoms. The van der Waals surface area contributed by atoms with Gasteiger partial charge in [-0.3, -0.25) is 9.59 Å². The van der Waals surface area contributed by atoms with E-state index in [1.165, 1.54) is 12.7 Å². The third kappa shape index (κ3) is 7.39. The molecule has 0 bridgehead atoms. The van der Waals surface area contributed by atoms with E-state index < -0.39 is 6.04 Å². The molecule has 0 saturated carbocycles. The molecule has 0 aromatic heterocycles. The van der Waals surface area contributed by atoms with Gasteiger partial charge in [-0.2, -0.15) is 0 Å². The molecule has 1 aliphatic heterocycles. The molecule has 8 nitrogen and oxygen atoms in total. The van der Waals surface area contributed by atoms with E-state index in [0.29, 0.717) is 40.1 Å². The van der Waals surface area contributed by atoms with Gasteiger partial charge in [0.2, 0.25) is 0 Å². The van der Waals surface area contributed by atoms with Crippen LogP contribution in [0.15, 0.2) is 84.1 Å². The van der Waals surface area contributed by atoms with Crippen LogP contribution in [0.5, 0.6) is 11.5 Å². The van der Waals surface area contributed by atoms with Crippen molar-refractivity contribution in [2.24, 2.45) is 0 Å². The number of hydrogen-bond donors (Lipinski definition) is 4. The highest BCUT2D eigenvalue weighted by atomic mass is 32.1. The van der Waals surface area contributed by atoms with E-state index in [1.54, 1.807) is 12.1 Å². The fourth-order valence-corrected chi connectivity index (χ4v) is 4.71. The van der Waals surface area contributed by atoms with E-state index in [4.69, 9.17) is 21.7 Å². The van der Waals surface area contributed by atoms with Crippen molar-refractivity contribution in [2.75, 3.05) is 25.6 Å². The van der Waals surface area contributed by atoms with Crippen LogP contribution in [0.4, 0.5) is 5.69 Å². The molecule has 1 atom stereocenters. The van der Waals surface area contributed by atoms with E-state index in [2.05, 4.69) is 28.2 Å². The van der Waals surface area contributed by atoms with Crippen molar-refractivity contribution in [1.29, 1.82) is 0 Å². The predicted molar refractivity (Wildman–Crippen MR) is 160 cm³/mol. The predicted octanol–water partition coefficient (Wildman–Crippen LogP) is 4.43. The molecule has 0 spiro atoms. The van der Waals surface area contributed by atoms with E-state index in [-0.39, 0.29) is 18.4 Å². The van der Waals surface area contributed by atoms with E-state index in [0.717, 1.165) is 24.0 Å². The number of rotatable bonds is 11. The minimum Gasteiger partial charge on any atom is -0.493 e. The summed E-state index contributed by atoms with van der Waals surface area (Å²) in [4.78, 5) is 25.7. The van der Waals surface area contributed by atoms with Crippen LogP contribution >= 0.6 is 12.2 Å². The van der Waals surface area contributed by atoms with Crippen molar-refractivity contribution < 1.29 is 19.1 Å². The average Bonchev–Trinajstić information content (AvgIpc) is 2.96. The minimum absolute atomic E-state index is 0.149. The number of carbonyl (C=O) groups excluding carboxylic acids is 2. The molecule has 0 radical (unpaired) electrons. The molecule has 3 aromatic rings. The van der Waals surface area contributed by atoms with Crippen LogP contribution in [0.3, 0.4) is 0 Å². The van der Waals surface area contributed by atoms with Crippen molar-refractivity contribution in [2.45, 2.75) is 32.7 Å². The van der Waals surface area contributed by atoms with Crippen molar-refractivity contribution >= 4 is 34.8 Å². The van der Waals surface area contributed by atoms with Crippen LogP contribution in [0.2, 0.25) is 0 Å². The summed E-state index contributed by atoms with van der Waals surface area (Å²) in [7, 11) is 1.53. The van der Waals surface area contributed by atoms with Crippen LogP contribution in [0, 0.1) is 0 Å². The summed E-state index contributed by atoms with van der Waals surface area (Å²) in [6, 6.07) is 22.5. The van der Waals surface area contributed by atoms with Gasteiger partial charge in [-0.05, 0) is 72.9 Å². The monoisotopic (exact) mass is 558 g/mol. The number of methoxy groups -OCH3 is 1.